The van der Waals surface area contributed by atoms with Gasteiger partial charge in [-0.1, -0.05) is 0 Å². The molecule has 0 spiro atoms. The Morgan fingerprint density at radius 2 is 1.59 bits per heavy atom. The van der Waals surface area contributed by atoms with Crippen molar-refractivity contribution in [1.29, 1.82) is 0 Å². The summed E-state index contributed by atoms with van der Waals surface area (Å²) in [5.41, 5.74) is -0.994. The molecular weight excluding hydrogens is 220 g/mol. The van der Waals surface area contributed by atoms with Gasteiger partial charge in [-0.25, -0.2) is 0 Å². The minimum Gasteiger partial charge on any atom is -0.469 e. The second kappa shape index (κ2) is 6.03. The SMILES string of the molecule is COC(=O)C(C)(C)CCCC(=O)OC(C)(C)C. The Morgan fingerprint density at radius 3 is 2.00 bits per heavy atom. The molecule has 0 unspecified atom stereocenters. The Hall–Kier alpha value is -1.06. The van der Waals surface area contributed by atoms with Gasteiger partial charge in [0.1, 0.15) is 5.60 Å². The molecule has 0 rings (SSSR count). The Balaban J connectivity index is 4.00. The van der Waals surface area contributed by atoms with Gasteiger partial charge in [0.05, 0.1) is 12.5 Å². The number of carbonyl (C=O) groups is 2. The molecule has 0 N–H and O–H groups in total. The Bertz CT molecular complexity index is 274. The highest BCUT2D eigenvalue weighted by Gasteiger charge is 2.28. The van der Waals surface area contributed by atoms with Crippen LogP contribution in [0.1, 0.15) is 53.9 Å². The van der Waals surface area contributed by atoms with Gasteiger partial charge in [-0.3, -0.25) is 9.59 Å². The first-order chi connectivity index (χ1) is 7.58. The summed E-state index contributed by atoms with van der Waals surface area (Å²) in [6.45, 7) is 9.14. The van der Waals surface area contributed by atoms with Crippen molar-refractivity contribution in [1.82, 2.24) is 0 Å². The Kier molecular flexibility index (Phi) is 5.66. The number of hydrogen-bond acceptors (Lipinski definition) is 4. The summed E-state index contributed by atoms with van der Waals surface area (Å²) in [5, 5.41) is 0. The van der Waals surface area contributed by atoms with Crippen molar-refractivity contribution in [2.45, 2.75) is 59.5 Å². The van der Waals surface area contributed by atoms with Crippen LogP contribution in [0.25, 0.3) is 0 Å². The number of hydrogen-bond donors (Lipinski definition) is 0. The first-order valence-electron chi connectivity index (χ1n) is 5.89. The molecule has 0 aliphatic rings. The summed E-state index contributed by atoms with van der Waals surface area (Å²) in [4.78, 5) is 22.8. The third kappa shape index (κ3) is 6.97. The molecule has 0 bridgehead atoms. The third-order valence-electron chi connectivity index (χ3n) is 2.34. The van der Waals surface area contributed by atoms with E-state index in [2.05, 4.69) is 0 Å². The van der Waals surface area contributed by atoms with E-state index in [1.165, 1.54) is 7.11 Å². The number of rotatable bonds is 5. The van der Waals surface area contributed by atoms with E-state index >= 15 is 0 Å². The van der Waals surface area contributed by atoms with Gasteiger partial charge in [0.25, 0.3) is 0 Å². The van der Waals surface area contributed by atoms with Crippen molar-refractivity contribution >= 4 is 11.9 Å². The van der Waals surface area contributed by atoms with Gasteiger partial charge in [-0.05, 0) is 47.5 Å². The van der Waals surface area contributed by atoms with E-state index in [0.717, 1.165) is 0 Å². The minimum absolute atomic E-state index is 0.224. The fraction of sp³-hybridized carbons (Fsp3) is 0.846. The standard InChI is InChI=1S/C13H24O4/c1-12(2,3)17-10(14)8-7-9-13(4,5)11(15)16-6/h7-9H2,1-6H3. The van der Waals surface area contributed by atoms with Crippen LogP contribution in [0, 0.1) is 5.41 Å². The predicted octanol–water partition coefficient (Wildman–Crippen LogP) is 2.70. The average Bonchev–Trinajstić information content (AvgIpc) is 2.13. The van der Waals surface area contributed by atoms with Gasteiger partial charge in [0.2, 0.25) is 0 Å². The molecule has 0 heterocycles. The number of esters is 2. The fourth-order valence-corrected chi connectivity index (χ4v) is 1.45. The lowest BCUT2D eigenvalue weighted by atomic mass is 9.87. The molecule has 17 heavy (non-hydrogen) atoms. The van der Waals surface area contributed by atoms with Crippen LogP contribution in [0.3, 0.4) is 0 Å². The van der Waals surface area contributed by atoms with Crippen LogP contribution < -0.4 is 0 Å². The fourth-order valence-electron chi connectivity index (χ4n) is 1.45. The molecule has 0 aromatic heterocycles. The molecule has 4 heteroatoms. The lowest BCUT2D eigenvalue weighted by Crippen LogP contribution is -2.27. The lowest BCUT2D eigenvalue weighted by Gasteiger charge is -2.22. The summed E-state index contributed by atoms with van der Waals surface area (Å²) in [5.74, 6) is -0.472. The van der Waals surface area contributed by atoms with E-state index in [1.54, 1.807) is 0 Å². The zero-order valence-electron chi connectivity index (χ0n) is 11.8. The third-order valence-corrected chi connectivity index (χ3v) is 2.34. The van der Waals surface area contributed by atoms with Crippen molar-refractivity contribution in [2.24, 2.45) is 5.41 Å². The van der Waals surface area contributed by atoms with Gasteiger partial charge in [-0.15, -0.1) is 0 Å². The van der Waals surface area contributed by atoms with Crippen molar-refractivity contribution in [3.05, 3.63) is 0 Å². The molecule has 0 aliphatic heterocycles. The first kappa shape index (κ1) is 15.9. The van der Waals surface area contributed by atoms with Crippen LogP contribution in [0.4, 0.5) is 0 Å². The summed E-state index contributed by atoms with van der Waals surface area (Å²) in [7, 11) is 1.37. The molecule has 4 nitrogen and oxygen atoms in total. The molecule has 100 valence electrons. The van der Waals surface area contributed by atoms with Crippen LogP contribution in [0.5, 0.6) is 0 Å². The first-order valence-corrected chi connectivity index (χ1v) is 5.89. The highest BCUT2D eigenvalue weighted by atomic mass is 16.6. The van der Waals surface area contributed by atoms with Crippen LogP contribution in [-0.4, -0.2) is 24.6 Å². The molecular formula is C13H24O4. The smallest absolute Gasteiger partial charge is 0.311 e. The van der Waals surface area contributed by atoms with Crippen LogP contribution in [0.15, 0.2) is 0 Å². The minimum atomic E-state index is -0.545. The average molecular weight is 244 g/mol. The van der Waals surface area contributed by atoms with Gasteiger partial charge < -0.3 is 9.47 Å². The molecule has 0 fully saturated rings. The van der Waals surface area contributed by atoms with Crippen molar-refractivity contribution in [2.75, 3.05) is 7.11 Å². The number of carbonyl (C=O) groups excluding carboxylic acids is 2. The van der Waals surface area contributed by atoms with Crippen LogP contribution >= 0.6 is 0 Å². The summed E-state index contributed by atoms with van der Waals surface area (Å²) in [6.07, 6.45) is 1.56. The van der Waals surface area contributed by atoms with E-state index in [4.69, 9.17) is 9.47 Å². The van der Waals surface area contributed by atoms with E-state index < -0.39 is 11.0 Å². The normalized spacial score (nSPS) is 12.1. The summed E-state index contributed by atoms with van der Waals surface area (Å²) in [6, 6.07) is 0. The zero-order chi connectivity index (χ0) is 13.7. The highest BCUT2D eigenvalue weighted by Crippen LogP contribution is 2.25. The molecule has 0 atom stereocenters. The maximum Gasteiger partial charge on any atom is 0.311 e. The van der Waals surface area contributed by atoms with Crippen LogP contribution in [-0.2, 0) is 19.1 Å². The van der Waals surface area contributed by atoms with Crippen molar-refractivity contribution in [3.8, 4) is 0 Å². The Labute approximate surface area is 104 Å². The molecule has 0 radical (unpaired) electrons. The Morgan fingerprint density at radius 1 is 1.06 bits per heavy atom. The second-order valence-corrected chi connectivity index (χ2v) is 5.82. The van der Waals surface area contributed by atoms with Crippen LogP contribution in [0.2, 0.25) is 0 Å². The largest absolute Gasteiger partial charge is 0.469 e. The number of methoxy groups -OCH3 is 1. The monoisotopic (exact) mass is 244 g/mol. The molecule has 0 aliphatic carbocycles. The molecule has 0 aromatic rings. The van der Waals surface area contributed by atoms with E-state index in [0.29, 0.717) is 19.3 Å². The topological polar surface area (TPSA) is 52.6 Å². The molecule has 0 amide bonds. The number of ether oxygens (including phenoxy) is 2. The maximum atomic E-state index is 11.4. The summed E-state index contributed by atoms with van der Waals surface area (Å²) < 4.78 is 9.88. The van der Waals surface area contributed by atoms with E-state index in [1.807, 2.05) is 34.6 Å². The zero-order valence-corrected chi connectivity index (χ0v) is 11.8. The lowest BCUT2D eigenvalue weighted by molar-refractivity contribution is -0.156. The second-order valence-electron chi connectivity index (χ2n) is 5.82. The maximum absolute atomic E-state index is 11.4. The van der Waals surface area contributed by atoms with Crippen molar-refractivity contribution < 1.29 is 19.1 Å². The molecule has 0 aromatic carbocycles. The molecule has 0 saturated carbocycles. The van der Waals surface area contributed by atoms with Crippen molar-refractivity contribution in [3.63, 3.8) is 0 Å². The van der Waals surface area contributed by atoms with Gasteiger partial charge in [0, 0.05) is 6.42 Å². The van der Waals surface area contributed by atoms with Gasteiger partial charge in [0.15, 0.2) is 0 Å². The van der Waals surface area contributed by atoms with Gasteiger partial charge in [-0.2, -0.15) is 0 Å². The predicted molar refractivity (Wildman–Crippen MR) is 65.5 cm³/mol. The molecule has 0 saturated heterocycles. The van der Waals surface area contributed by atoms with E-state index in [-0.39, 0.29) is 11.9 Å². The van der Waals surface area contributed by atoms with E-state index in [9.17, 15) is 9.59 Å². The van der Waals surface area contributed by atoms with Gasteiger partial charge >= 0.3 is 11.9 Å². The summed E-state index contributed by atoms with van der Waals surface area (Å²) >= 11 is 0. The quantitative estimate of drug-likeness (QED) is 0.698. The highest BCUT2D eigenvalue weighted by molar-refractivity contribution is 5.75.